The van der Waals surface area contributed by atoms with Gasteiger partial charge in [-0.3, -0.25) is 9.52 Å². The molecule has 2 aromatic rings. The largest absolute Gasteiger partial charge is 0.416 e. The Morgan fingerprint density at radius 1 is 1.08 bits per heavy atom. The fraction of sp³-hybridized carbons (Fsp3) is 0.167. The highest BCUT2D eigenvalue weighted by Crippen LogP contribution is 2.32. The fourth-order valence-corrected chi connectivity index (χ4v) is 2.76. The Morgan fingerprint density at radius 2 is 1.69 bits per heavy atom. The second kappa shape index (κ2) is 7.74. The van der Waals surface area contributed by atoms with Crippen molar-refractivity contribution in [3.63, 3.8) is 0 Å². The van der Waals surface area contributed by atoms with Gasteiger partial charge in [-0.2, -0.15) is 13.2 Å². The lowest BCUT2D eigenvalue weighted by atomic mass is 10.0. The molecule has 0 bridgehead atoms. The van der Waals surface area contributed by atoms with Crippen molar-refractivity contribution >= 4 is 27.6 Å². The van der Waals surface area contributed by atoms with Crippen LogP contribution in [0.25, 0.3) is 6.08 Å². The van der Waals surface area contributed by atoms with Gasteiger partial charge in [0.15, 0.2) is 5.78 Å². The highest BCUT2D eigenvalue weighted by atomic mass is 32.2. The normalized spacial score (nSPS) is 12.3. The third kappa shape index (κ3) is 5.19. The maximum absolute atomic E-state index is 12.9. The van der Waals surface area contributed by atoms with Crippen molar-refractivity contribution in [1.29, 1.82) is 0 Å². The summed E-state index contributed by atoms with van der Waals surface area (Å²) in [4.78, 5) is 12.1. The van der Waals surface area contributed by atoms with Crippen LogP contribution in [0.3, 0.4) is 0 Å². The summed E-state index contributed by atoms with van der Waals surface area (Å²) in [6.07, 6.45) is -2.35. The van der Waals surface area contributed by atoms with Gasteiger partial charge in [-0.1, -0.05) is 24.3 Å². The van der Waals surface area contributed by atoms with Gasteiger partial charge in [0.05, 0.1) is 11.3 Å². The molecule has 0 aromatic heterocycles. The molecule has 0 aliphatic heterocycles. The summed E-state index contributed by atoms with van der Waals surface area (Å²) in [5.74, 6) is -0.582. The number of nitrogens with one attached hydrogen (secondary N) is 1. The first-order valence-electron chi connectivity index (χ1n) is 7.61. The van der Waals surface area contributed by atoms with E-state index in [0.717, 1.165) is 18.2 Å². The summed E-state index contributed by atoms with van der Waals surface area (Å²) >= 11 is 0. The summed E-state index contributed by atoms with van der Waals surface area (Å²) in [6.45, 7) is 1.49. The Balaban J connectivity index is 2.17. The van der Waals surface area contributed by atoms with Crippen molar-refractivity contribution in [3.8, 4) is 0 Å². The molecule has 26 heavy (non-hydrogen) atoms. The SMILES string of the molecule is CCS(=O)(=O)Nc1ccc(C(=O)C=Cc2ccccc2C(F)(F)F)cc1. The summed E-state index contributed by atoms with van der Waals surface area (Å²) in [5.41, 5.74) is -0.408. The maximum Gasteiger partial charge on any atom is 0.416 e. The lowest BCUT2D eigenvalue weighted by Crippen LogP contribution is -2.14. The van der Waals surface area contributed by atoms with Gasteiger partial charge in [0, 0.05) is 11.3 Å². The van der Waals surface area contributed by atoms with Gasteiger partial charge in [0.25, 0.3) is 0 Å². The minimum atomic E-state index is -4.51. The number of ketones is 1. The van der Waals surface area contributed by atoms with E-state index in [9.17, 15) is 26.4 Å². The van der Waals surface area contributed by atoms with Crippen LogP contribution in [0.4, 0.5) is 18.9 Å². The van der Waals surface area contributed by atoms with Crippen LogP contribution in [-0.4, -0.2) is 20.0 Å². The van der Waals surface area contributed by atoms with Crippen LogP contribution in [0.1, 0.15) is 28.4 Å². The lowest BCUT2D eigenvalue weighted by Gasteiger charge is -2.09. The predicted molar refractivity (Wildman–Crippen MR) is 94.3 cm³/mol. The highest BCUT2D eigenvalue weighted by molar-refractivity contribution is 7.92. The number of sulfonamides is 1. The molecule has 0 aliphatic rings. The Hall–Kier alpha value is -2.61. The molecular formula is C18H16F3NO3S. The zero-order chi connectivity index (χ0) is 19.4. The Bertz CT molecular complexity index is 917. The minimum absolute atomic E-state index is 0.0883. The molecule has 2 rings (SSSR count). The van der Waals surface area contributed by atoms with Gasteiger partial charge in [0.2, 0.25) is 10.0 Å². The molecule has 8 heteroatoms. The molecule has 0 unspecified atom stereocenters. The molecule has 0 saturated carbocycles. The summed E-state index contributed by atoms with van der Waals surface area (Å²) in [7, 11) is -3.43. The van der Waals surface area contributed by atoms with Crippen molar-refractivity contribution in [3.05, 3.63) is 71.3 Å². The van der Waals surface area contributed by atoms with Gasteiger partial charge < -0.3 is 0 Å². The van der Waals surface area contributed by atoms with E-state index in [-0.39, 0.29) is 16.9 Å². The number of allylic oxidation sites excluding steroid dienone is 1. The van der Waals surface area contributed by atoms with E-state index in [1.54, 1.807) is 0 Å². The summed E-state index contributed by atoms with van der Waals surface area (Å²) in [5, 5.41) is 0. The highest BCUT2D eigenvalue weighted by Gasteiger charge is 2.32. The molecule has 0 aliphatic carbocycles. The van der Waals surface area contributed by atoms with Crippen molar-refractivity contribution in [2.24, 2.45) is 0 Å². The van der Waals surface area contributed by atoms with Crippen molar-refractivity contribution in [2.75, 3.05) is 10.5 Å². The number of carbonyl (C=O) groups is 1. The second-order valence-electron chi connectivity index (χ2n) is 5.37. The summed E-state index contributed by atoms with van der Waals surface area (Å²) in [6, 6.07) is 10.6. The van der Waals surface area contributed by atoms with Crippen LogP contribution in [0.5, 0.6) is 0 Å². The molecule has 0 amide bonds. The molecule has 0 saturated heterocycles. The number of carbonyl (C=O) groups excluding carboxylic acids is 1. The zero-order valence-electron chi connectivity index (χ0n) is 13.7. The third-order valence-corrected chi connectivity index (χ3v) is 4.81. The first-order valence-corrected chi connectivity index (χ1v) is 9.27. The molecular weight excluding hydrogens is 367 g/mol. The monoisotopic (exact) mass is 383 g/mol. The van der Waals surface area contributed by atoms with Crippen molar-refractivity contribution in [1.82, 2.24) is 0 Å². The van der Waals surface area contributed by atoms with E-state index in [4.69, 9.17) is 0 Å². The minimum Gasteiger partial charge on any atom is -0.289 e. The van der Waals surface area contributed by atoms with E-state index < -0.39 is 27.5 Å². The van der Waals surface area contributed by atoms with Gasteiger partial charge >= 0.3 is 6.18 Å². The van der Waals surface area contributed by atoms with Crippen LogP contribution in [0.2, 0.25) is 0 Å². The number of rotatable bonds is 6. The van der Waals surface area contributed by atoms with E-state index in [1.165, 1.54) is 49.4 Å². The van der Waals surface area contributed by atoms with Crippen LogP contribution in [0.15, 0.2) is 54.6 Å². The third-order valence-electron chi connectivity index (χ3n) is 3.50. The van der Waals surface area contributed by atoms with Crippen LogP contribution >= 0.6 is 0 Å². The van der Waals surface area contributed by atoms with Crippen molar-refractivity contribution in [2.45, 2.75) is 13.1 Å². The van der Waals surface area contributed by atoms with E-state index in [2.05, 4.69) is 4.72 Å². The first-order chi connectivity index (χ1) is 12.1. The van der Waals surface area contributed by atoms with E-state index in [0.29, 0.717) is 5.69 Å². The van der Waals surface area contributed by atoms with Gasteiger partial charge in [-0.05, 0) is 48.9 Å². The average Bonchev–Trinajstić information content (AvgIpc) is 2.59. The average molecular weight is 383 g/mol. The Kier molecular flexibility index (Phi) is 5.86. The Labute approximate surface area is 149 Å². The zero-order valence-corrected chi connectivity index (χ0v) is 14.6. The topological polar surface area (TPSA) is 63.2 Å². The van der Waals surface area contributed by atoms with Crippen LogP contribution < -0.4 is 4.72 Å². The molecule has 0 heterocycles. The number of hydrogen-bond acceptors (Lipinski definition) is 3. The number of alkyl halides is 3. The maximum atomic E-state index is 12.9. The molecule has 4 nitrogen and oxygen atoms in total. The molecule has 138 valence electrons. The standard InChI is InChI=1S/C18H16F3NO3S/c1-2-26(24,25)22-15-10-7-14(8-11-15)17(23)12-9-13-5-3-4-6-16(13)18(19,20)21/h3-12,22H,2H2,1H3. The fourth-order valence-electron chi connectivity index (χ4n) is 2.12. The molecule has 0 spiro atoms. The van der Waals surface area contributed by atoms with E-state index in [1.807, 2.05) is 0 Å². The van der Waals surface area contributed by atoms with Gasteiger partial charge in [-0.15, -0.1) is 0 Å². The second-order valence-corrected chi connectivity index (χ2v) is 7.38. The molecule has 1 N–H and O–H groups in total. The predicted octanol–water partition coefficient (Wildman–Crippen LogP) is 4.36. The molecule has 0 atom stereocenters. The van der Waals surface area contributed by atoms with Crippen LogP contribution in [-0.2, 0) is 16.2 Å². The summed E-state index contributed by atoms with van der Waals surface area (Å²) < 4.78 is 64.1. The Morgan fingerprint density at radius 3 is 2.27 bits per heavy atom. The first kappa shape index (κ1) is 19.7. The number of hydrogen-bond donors (Lipinski definition) is 1. The molecule has 0 radical (unpaired) electrons. The van der Waals surface area contributed by atoms with Gasteiger partial charge in [-0.25, -0.2) is 8.42 Å². The smallest absolute Gasteiger partial charge is 0.289 e. The number of anilines is 1. The number of benzene rings is 2. The molecule has 0 fully saturated rings. The van der Waals surface area contributed by atoms with Gasteiger partial charge in [0.1, 0.15) is 0 Å². The van der Waals surface area contributed by atoms with Crippen LogP contribution in [0, 0.1) is 0 Å². The number of halogens is 3. The van der Waals surface area contributed by atoms with Crippen molar-refractivity contribution < 1.29 is 26.4 Å². The quantitative estimate of drug-likeness (QED) is 0.595. The lowest BCUT2D eigenvalue weighted by molar-refractivity contribution is -0.137. The van der Waals surface area contributed by atoms with E-state index >= 15 is 0 Å². The molecule has 2 aromatic carbocycles.